The van der Waals surface area contributed by atoms with Gasteiger partial charge in [-0.2, -0.15) is 0 Å². The van der Waals surface area contributed by atoms with Crippen LogP contribution in [0.25, 0.3) is 16.6 Å². The average Bonchev–Trinajstić information content (AvgIpc) is 2.94. The molecule has 28 heavy (non-hydrogen) atoms. The molecule has 0 fully saturated rings. The Morgan fingerprint density at radius 2 is 1.89 bits per heavy atom. The first-order valence-corrected chi connectivity index (χ1v) is 9.13. The molecule has 6 heteroatoms. The molecule has 1 heterocycles. The molecule has 0 amide bonds. The maximum Gasteiger partial charge on any atom is 0.303 e. The molecule has 0 unspecified atom stereocenters. The minimum atomic E-state index is -0.901. The maximum absolute atomic E-state index is 14.5. The van der Waals surface area contributed by atoms with Crippen LogP contribution < -0.4 is 4.74 Å². The largest absolute Gasteiger partial charge is 0.494 e. The van der Waals surface area contributed by atoms with E-state index < -0.39 is 11.8 Å². The van der Waals surface area contributed by atoms with Crippen LogP contribution in [0, 0.1) is 18.6 Å². The van der Waals surface area contributed by atoms with E-state index in [0.717, 1.165) is 16.6 Å². The molecule has 0 bridgehead atoms. The number of benzene rings is 2. The van der Waals surface area contributed by atoms with Crippen LogP contribution in [0.5, 0.6) is 5.75 Å². The lowest BCUT2D eigenvalue weighted by Gasteiger charge is -2.16. The van der Waals surface area contributed by atoms with E-state index in [0.29, 0.717) is 23.2 Å². The summed E-state index contributed by atoms with van der Waals surface area (Å²) in [5.41, 5.74) is 3.52. The number of aryl methyl sites for hydroxylation is 2. The van der Waals surface area contributed by atoms with Crippen LogP contribution in [0.1, 0.15) is 43.0 Å². The van der Waals surface area contributed by atoms with E-state index in [9.17, 15) is 18.7 Å². The summed E-state index contributed by atoms with van der Waals surface area (Å²) in [5, 5.41) is 9.92. The summed E-state index contributed by atoms with van der Waals surface area (Å²) < 4.78 is 35.4. The smallest absolute Gasteiger partial charge is 0.303 e. The minimum Gasteiger partial charge on any atom is -0.494 e. The Labute approximate surface area is 162 Å². The minimum absolute atomic E-state index is 0.0376. The van der Waals surface area contributed by atoms with Gasteiger partial charge in [0.2, 0.25) is 0 Å². The molecule has 4 nitrogen and oxygen atoms in total. The van der Waals surface area contributed by atoms with Crippen molar-refractivity contribution < 1.29 is 23.4 Å². The normalized spacial score (nSPS) is 11.4. The van der Waals surface area contributed by atoms with E-state index >= 15 is 0 Å². The van der Waals surface area contributed by atoms with E-state index in [1.807, 2.05) is 18.4 Å². The van der Waals surface area contributed by atoms with E-state index in [1.54, 1.807) is 25.1 Å². The molecule has 0 saturated carbocycles. The van der Waals surface area contributed by atoms with E-state index in [1.165, 1.54) is 19.2 Å². The van der Waals surface area contributed by atoms with Gasteiger partial charge < -0.3 is 14.4 Å². The zero-order valence-electron chi connectivity index (χ0n) is 16.3. The molecule has 3 rings (SSSR count). The van der Waals surface area contributed by atoms with Crippen LogP contribution in [0.4, 0.5) is 8.78 Å². The lowest BCUT2D eigenvalue weighted by molar-refractivity contribution is -0.136. The number of nitrogens with zero attached hydrogens (tertiary/aromatic N) is 1. The summed E-state index contributed by atoms with van der Waals surface area (Å²) in [6.07, 6.45) is 0.266. The Bertz CT molecular complexity index is 1050. The number of hydrogen-bond donors (Lipinski definition) is 1. The maximum atomic E-state index is 14.5. The number of halogens is 2. The molecule has 0 radical (unpaired) electrons. The lowest BCUT2D eigenvalue weighted by Crippen LogP contribution is -2.06. The topological polar surface area (TPSA) is 51.5 Å². The van der Waals surface area contributed by atoms with Gasteiger partial charge in [0.05, 0.1) is 12.6 Å². The molecule has 2 aromatic carbocycles. The molecule has 148 valence electrons. The van der Waals surface area contributed by atoms with E-state index in [4.69, 9.17) is 4.74 Å². The van der Waals surface area contributed by atoms with Crippen molar-refractivity contribution >= 4 is 16.9 Å². The first-order chi connectivity index (χ1) is 13.2. The molecule has 0 aliphatic rings. The van der Waals surface area contributed by atoms with Crippen molar-refractivity contribution in [2.75, 3.05) is 7.11 Å². The summed E-state index contributed by atoms with van der Waals surface area (Å²) in [5.74, 6) is -1.58. The first-order valence-electron chi connectivity index (χ1n) is 9.13. The number of carboxylic acid groups (broad SMARTS) is 1. The second-order valence-electron chi connectivity index (χ2n) is 7.19. The third-order valence-corrected chi connectivity index (χ3v) is 4.92. The second-order valence-corrected chi connectivity index (χ2v) is 7.19. The van der Waals surface area contributed by atoms with Crippen molar-refractivity contribution in [2.45, 2.75) is 39.5 Å². The van der Waals surface area contributed by atoms with Gasteiger partial charge in [-0.15, -0.1) is 0 Å². The molecule has 3 aromatic rings. The number of rotatable bonds is 6. The number of carbonyl (C=O) groups is 1. The lowest BCUT2D eigenvalue weighted by atomic mass is 9.99. The average molecular weight is 387 g/mol. The molecule has 1 aromatic heterocycles. The fourth-order valence-electron chi connectivity index (χ4n) is 3.68. The predicted octanol–water partition coefficient (Wildman–Crippen LogP) is 5.37. The molecule has 0 atom stereocenters. The molecule has 0 spiro atoms. The highest BCUT2D eigenvalue weighted by Crippen LogP contribution is 2.38. The Morgan fingerprint density at radius 3 is 2.46 bits per heavy atom. The molecule has 0 aliphatic carbocycles. The van der Waals surface area contributed by atoms with Crippen molar-refractivity contribution in [3.63, 3.8) is 0 Å². The van der Waals surface area contributed by atoms with E-state index in [2.05, 4.69) is 0 Å². The third kappa shape index (κ3) is 3.46. The molecule has 1 N–H and O–H groups in total. The molecular weight excluding hydrogens is 364 g/mol. The standard InChI is InChI=1S/C22H23F2NO3/c1-12(2)22-15(6-8-21(26)27)16-10-20(28-4)18(24)11-19(16)25(22)14-5-7-17(23)13(3)9-14/h5,7,9-12H,6,8H2,1-4H3,(H,26,27). The zero-order valence-corrected chi connectivity index (χ0v) is 16.3. The molecule has 0 saturated heterocycles. The van der Waals surface area contributed by atoms with Crippen LogP contribution in [0.2, 0.25) is 0 Å². The molecular formula is C22H23F2NO3. The monoisotopic (exact) mass is 387 g/mol. The van der Waals surface area contributed by atoms with Gasteiger partial charge in [-0.05, 0) is 54.7 Å². The molecule has 0 aliphatic heterocycles. The van der Waals surface area contributed by atoms with Gasteiger partial charge in [0.1, 0.15) is 5.82 Å². The third-order valence-electron chi connectivity index (χ3n) is 4.92. The summed E-state index contributed by atoms with van der Waals surface area (Å²) in [7, 11) is 1.39. The SMILES string of the molecule is COc1cc2c(CCC(=O)O)c(C(C)C)n(-c3ccc(F)c(C)c3)c2cc1F. The van der Waals surface area contributed by atoms with Gasteiger partial charge in [0.15, 0.2) is 11.6 Å². The Hall–Kier alpha value is -2.89. The highest BCUT2D eigenvalue weighted by molar-refractivity contribution is 5.89. The van der Waals surface area contributed by atoms with Gasteiger partial charge >= 0.3 is 5.97 Å². The van der Waals surface area contributed by atoms with Crippen molar-refractivity contribution in [3.8, 4) is 11.4 Å². The van der Waals surface area contributed by atoms with Crippen molar-refractivity contribution in [3.05, 3.63) is 58.8 Å². The van der Waals surface area contributed by atoms with Gasteiger partial charge in [0.25, 0.3) is 0 Å². The van der Waals surface area contributed by atoms with Crippen LogP contribution in [0.3, 0.4) is 0 Å². The number of aliphatic carboxylic acids is 1. The number of fused-ring (bicyclic) bond motifs is 1. The Morgan fingerprint density at radius 1 is 1.18 bits per heavy atom. The van der Waals surface area contributed by atoms with Gasteiger partial charge in [-0.25, -0.2) is 8.78 Å². The van der Waals surface area contributed by atoms with Crippen molar-refractivity contribution in [1.29, 1.82) is 0 Å². The highest BCUT2D eigenvalue weighted by Gasteiger charge is 2.23. The van der Waals surface area contributed by atoms with Gasteiger partial charge in [-0.1, -0.05) is 13.8 Å². The van der Waals surface area contributed by atoms with Crippen molar-refractivity contribution in [1.82, 2.24) is 4.57 Å². The van der Waals surface area contributed by atoms with Crippen molar-refractivity contribution in [2.24, 2.45) is 0 Å². The van der Waals surface area contributed by atoms with Crippen LogP contribution in [0.15, 0.2) is 30.3 Å². The quantitative estimate of drug-likeness (QED) is 0.619. The van der Waals surface area contributed by atoms with Crippen LogP contribution in [-0.4, -0.2) is 22.8 Å². The number of hydrogen-bond acceptors (Lipinski definition) is 2. The van der Waals surface area contributed by atoms with Crippen LogP contribution in [-0.2, 0) is 11.2 Å². The Balaban J connectivity index is 2.40. The number of aromatic nitrogens is 1. The summed E-state index contributed by atoms with van der Waals surface area (Å²) in [6.45, 7) is 5.67. The Kier molecular flexibility index (Phi) is 5.40. The fraction of sp³-hybridized carbons (Fsp3) is 0.318. The number of methoxy groups -OCH3 is 1. The number of carboxylic acids is 1. The predicted molar refractivity (Wildman–Crippen MR) is 105 cm³/mol. The summed E-state index contributed by atoms with van der Waals surface area (Å²) in [6, 6.07) is 7.75. The summed E-state index contributed by atoms with van der Waals surface area (Å²) >= 11 is 0. The zero-order chi connectivity index (χ0) is 20.6. The first kappa shape index (κ1) is 19.9. The summed E-state index contributed by atoms with van der Waals surface area (Å²) in [4.78, 5) is 11.2. The number of ether oxygens (including phenoxy) is 1. The fourth-order valence-corrected chi connectivity index (χ4v) is 3.68. The van der Waals surface area contributed by atoms with E-state index in [-0.39, 0.29) is 23.9 Å². The van der Waals surface area contributed by atoms with Gasteiger partial charge in [0, 0.05) is 29.3 Å². The van der Waals surface area contributed by atoms with Crippen LogP contribution >= 0.6 is 0 Å². The second kappa shape index (κ2) is 7.62. The van der Waals surface area contributed by atoms with Gasteiger partial charge in [-0.3, -0.25) is 4.79 Å². The highest BCUT2D eigenvalue weighted by atomic mass is 19.1.